The Morgan fingerprint density at radius 1 is 0.630 bits per heavy atom. The Balaban J connectivity index is 0.849. The molecule has 720 valence electrons. The van der Waals surface area contributed by atoms with Gasteiger partial charge in [0.05, 0.1) is 41.3 Å². The van der Waals surface area contributed by atoms with Crippen molar-refractivity contribution in [3.05, 3.63) is 212 Å². The fourth-order valence-electron chi connectivity index (χ4n) is 16.7. The molecule has 11 bridgehead atoms. The lowest BCUT2D eigenvalue weighted by molar-refractivity contribution is -0.350. The maximum Gasteiger partial charge on any atom is 0.255 e. The Morgan fingerprint density at radius 2 is 1.28 bits per heavy atom. The van der Waals surface area contributed by atoms with E-state index >= 15 is 24.0 Å². The third kappa shape index (κ3) is 22.4. The number of halogens is 2. The molecule has 25 N–H and O–H groups in total. The van der Waals surface area contributed by atoms with Gasteiger partial charge in [-0.05, 0) is 158 Å². The number of amides is 8. The van der Waals surface area contributed by atoms with E-state index < -0.39 is 279 Å². The zero-order valence-electron chi connectivity index (χ0n) is 73.4. The molecule has 0 saturated carbocycles. The number of likely N-dealkylation sites (N-methyl/N-ethyl adjacent to an activating group) is 1. The highest BCUT2D eigenvalue weighted by Gasteiger charge is 2.53. The van der Waals surface area contributed by atoms with Crippen LogP contribution in [0.25, 0.3) is 11.1 Å². The molecule has 0 aromatic heterocycles. The number of benzene rings is 8. The molecule has 0 spiro atoms. The van der Waals surface area contributed by atoms with E-state index in [1.165, 1.54) is 45.2 Å². The number of hydrogen-bond acceptors (Lipinski definition) is 32. The van der Waals surface area contributed by atoms with Crippen molar-refractivity contribution < 1.29 is 142 Å². The summed E-state index contributed by atoms with van der Waals surface area (Å²) in [6.45, 7) is 7.41. The number of rotatable bonds is 23. The van der Waals surface area contributed by atoms with E-state index in [-0.39, 0.29) is 55.1 Å². The summed E-state index contributed by atoms with van der Waals surface area (Å²) >= 11 is 14.5. The fraction of sp³-hybridized carbons (Fsp3) is 0.398. The molecule has 8 aromatic carbocycles. The van der Waals surface area contributed by atoms with Gasteiger partial charge in [0.2, 0.25) is 53.4 Å². The SMILES string of the molecule is CN[C@H](CC(C)C)C(=O)NC1C(=O)NC(CC(N)=O)C(=O)N[C@H]2C(=O)N[C@H]3C(=O)N[C@H](C(=O)N[C@@H](O)c4cc(O)cc(O)c4-c4cc3ccc4O)[C@H](O[C@H]3C[C@](C)(N)[C@@H](O)[C@H](C)O3)c3ccc(c(Cl)c3)Oc3cc2cc(c3O[C@@H]2O[C@H](CO)[C@@H](O[C@@H]3O[C@H](CNCc4cccc(NC(=O)c5ccc(C)c(OCc6ccccc6)c5)c4)[C@H](O)[C@H](O)[C@H]3O)[C@H](O)[C@H]2O)Oc2ccc(cc2Cl)[C@H]1O. The molecule has 16 rings (SSSR count). The first kappa shape index (κ1) is 99.0. The van der Waals surface area contributed by atoms with Gasteiger partial charge in [0.25, 0.3) is 5.91 Å². The van der Waals surface area contributed by atoms with E-state index in [0.29, 0.717) is 22.6 Å². The van der Waals surface area contributed by atoms with Crippen molar-refractivity contribution in [3.8, 4) is 62.9 Å². The zero-order chi connectivity index (χ0) is 97.0. The Hall–Kier alpha value is -12.0. The fourth-order valence-corrected chi connectivity index (χ4v) is 17.2. The number of phenols is 3. The van der Waals surface area contributed by atoms with E-state index in [4.69, 9.17) is 77.3 Å². The number of primary amides is 1. The molecule has 8 aliphatic heterocycles. The monoisotopic (exact) mass is 1910 g/mol. The second-order valence-electron chi connectivity index (χ2n) is 34.5. The maximum atomic E-state index is 16.5. The van der Waals surface area contributed by atoms with Gasteiger partial charge < -0.3 is 163 Å². The molecule has 3 fully saturated rings. The van der Waals surface area contributed by atoms with Crippen LogP contribution in [-0.4, -0.2) is 238 Å². The van der Waals surface area contributed by atoms with Crippen molar-refractivity contribution in [1.29, 1.82) is 0 Å². The van der Waals surface area contributed by atoms with Crippen LogP contribution in [0.2, 0.25) is 10.0 Å². The van der Waals surface area contributed by atoms with Gasteiger partial charge in [-0.1, -0.05) is 104 Å². The minimum atomic E-state index is -2.41. The number of nitrogens with two attached hydrogens (primary N) is 2. The van der Waals surface area contributed by atoms with Gasteiger partial charge in [-0.3, -0.25) is 38.4 Å². The predicted octanol–water partition coefficient (Wildman–Crippen LogP) is 2.73. The number of nitrogens with one attached hydrogen (secondary N) is 9. The summed E-state index contributed by atoms with van der Waals surface area (Å²) in [5, 5.41) is 164. The number of aryl methyl sites for hydroxylation is 1. The van der Waals surface area contributed by atoms with Crippen LogP contribution < -0.4 is 78.3 Å². The molecule has 42 heteroatoms. The van der Waals surface area contributed by atoms with Crippen LogP contribution in [0.15, 0.2) is 152 Å². The van der Waals surface area contributed by atoms with Gasteiger partial charge in [-0.2, -0.15) is 0 Å². The minimum Gasteiger partial charge on any atom is -0.508 e. The van der Waals surface area contributed by atoms with E-state index in [0.717, 1.165) is 65.7 Å². The molecule has 135 heavy (non-hydrogen) atoms. The second-order valence-corrected chi connectivity index (χ2v) is 35.3. The van der Waals surface area contributed by atoms with Gasteiger partial charge in [0, 0.05) is 59.1 Å². The van der Waals surface area contributed by atoms with Crippen molar-refractivity contribution in [1.82, 2.24) is 42.5 Å². The van der Waals surface area contributed by atoms with Crippen LogP contribution >= 0.6 is 23.2 Å². The lowest BCUT2D eigenvalue weighted by atomic mass is 9.86. The van der Waals surface area contributed by atoms with Crippen molar-refractivity contribution >= 4 is 76.1 Å². The third-order valence-electron chi connectivity index (χ3n) is 24.0. The molecule has 8 heterocycles. The third-order valence-corrected chi connectivity index (χ3v) is 24.6. The van der Waals surface area contributed by atoms with Crippen LogP contribution in [0, 0.1) is 12.8 Å². The average Bonchev–Trinajstić information content (AvgIpc) is 0.766. The summed E-state index contributed by atoms with van der Waals surface area (Å²) in [6.07, 6.45) is -31.5. The molecule has 8 amide bonds. The van der Waals surface area contributed by atoms with E-state index in [9.17, 15) is 75.7 Å². The van der Waals surface area contributed by atoms with E-state index in [1.54, 1.807) is 42.5 Å². The molecule has 3 saturated heterocycles. The Labute approximate surface area is 781 Å². The van der Waals surface area contributed by atoms with Gasteiger partial charge in [-0.15, -0.1) is 0 Å². The molecule has 0 radical (unpaired) electrons. The highest BCUT2D eigenvalue weighted by atomic mass is 35.5. The Morgan fingerprint density at radius 3 is 1.96 bits per heavy atom. The van der Waals surface area contributed by atoms with E-state index in [1.807, 2.05) is 51.1 Å². The predicted molar refractivity (Wildman–Crippen MR) is 477 cm³/mol. The lowest BCUT2D eigenvalue weighted by Crippen LogP contribution is -2.65. The highest BCUT2D eigenvalue weighted by Crippen LogP contribution is 2.50. The van der Waals surface area contributed by atoms with Crippen molar-refractivity contribution in [3.63, 3.8) is 0 Å². The van der Waals surface area contributed by atoms with Gasteiger partial charge in [0.15, 0.2) is 30.3 Å². The van der Waals surface area contributed by atoms with Crippen LogP contribution in [0.5, 0.6) is 51.7 Å². The number of hydrogen-bond donors (Lipinski definition) is 23. The van der Waals surface area contributed by atoms with Crippen LogP contribution in [0.1, 0.15) is 132 Å². The molecule has 2 unspecified atom stereocenters. The number of ether oxygens (including phenoxy) is 9. The van der Waals surface area contributed by atoms with Crippen molar-refractivity contribution in [2.24, 2.45) is 17.4 Å². The summed E-state index contributed by atoms with van der Waals surface area (Å²) < 4.78 is 57.5. The first-order chi connectivity index (χ1) is 64.2. The topological polar surface area (TPSA) is 623 Å². The first-order valence-electron chi connectivity index (χ1n) is 43.2. The molecular formula is C93H105Cl2N11O29. The molecule has 8 aliphatic rings. The summed E-state index contributed by atoms with van der Waals surface area (Å²) in [5.74, 6) is -14.2. The molecular weight excluding hydrogens is 1810 g/mol. The highest BCUT2D eigenvalue weighted by molar-refractivity contribution is 6.32. The van der Waals surface area contributed by atoms with Crippen molar-refractivity contribution in [2.45, 2.75) is 207 Å². The Kier molecular flexibility index (Phi) is 30.9. The lowest BCUT2D eigenvalue weighted by Gasteiger charge is -2.46. The van der Waals surface area contributed by atoms with Crippen LogP contribution in [0.4, 0.5) is 5.69 Å². The number of aliphatic hydroxyl groups excluding tert-OH is 9. The van der Waals surface area contributed by atoms with Gasteiger partial charge in [0.1, 0.15) is 132 Å². The largest absolute Gasteiger partial charge is 0.508 e. The molecule has 40 nitrogen and oxygen atoms in total. The van der Waals surface area contributed by atoms with Crippen molar-refractivity contribution in [2.75, 3.05) is 25.5 Å². The average molecular weight is 1910 g/mol. The normalized spacial score (nSPS) is 28.3. The summed E-state index contributed by atoms with van der Waals surface area (Å²) in [5.41, 5.74) is 11.6. The summed E-state index contributed by atoms with van der Waals surface area (Å²) in [6, 6.07) is 23.3. The maximum absolute atomic E-state index is 16.5. The number of phenolic OH excluding ortho intramolecular Hbond substituents is 3. The van der Waals surface area contributed by atoms with Gasteiger partial charge >= 0.3 is 0 Å². The van der Waals surface area contributed by atoms with Crippen LogP contribution in [-0.2, 0) is 70.4 Å². The van der Waals surface area contributed by atoms with Crippen LogP contribution in [0.3, 0.4) is 0 Å². The Bertz CT molecular complexity index is 5750. The van der Waals surface area contributed by atoms with E-state index in [2.05, 4.69) is 47.9 Å². The first-order valence-corrected chi connectivity index (χ1v) is 44.0. The second kappa shape index (κ2) is 42.1. The van der Waals surface area contributed by atoms with Gasteiger partial charge in [-0.25, -0.2) is 0 Å². The number of aromatic hydroxyl groups is 3. The molecule has 23 atom stereocenters. The summed E-state index contributed by atoms with van der Waals surface area (Å²) in [4.78, 5) is 120. The summed E-state index contributed by atoms with van der Waals surface area (Å²) in [7, 11) is 1.47. The number of carbonyl (C=O) groups excluding carboxylic acids is 8. The number of aliphatic hydroxyl groups is 9. The number of anilines is 1. The standard InChI is InChI=1S/C93H105Cl2N11O29/c1-39(2)23-55(98-6)85(121)104-71-73(112)45-18-21-59(53(94)26-45)129-62-29-48-30-63(80(62)134-92-78(117)76(115)81(65(37-107)132-92)135-91-77(116)75(114)74(113)64(131-91)36-99-35-43-13-10-14-49(24-43)100-83(119)47-16-15-40(3)61(28-47)127-38-42-11-8-7-9-12-42)130-60-22-19-46(27-54(60)95)79(133-67-34-93(5,97)82(118)41(4)128-67)72-90(126)106-84(120)52-31-50(108)32-58(110)68(52)51-25-44(17-20-57(51)109)69(87(123)105-72)103-88(124)70(48)102-86(122)56(33-66(96)111)101-89(71)125/h7-22,24-32,39,41,55-56,64-65,67,69-79,81-82,84,91-92,98-99,107-110,112-118,120H,23,33-38,97H2,1-6H3,(H2,96,111)(H,100,119)(H,101,125)(H,102,122)(H,103,124)(H,104,121)(H,105,123)(H,106,126)/t41-,55+,56?,64+,65+,67-,69+,70+,71?,72-,73+,74-,75-,76+,77+,78+,79+,81+,82-,84-,91-,92-,93-/m0/s1. The quantitative estimate of drug-likeness (QED) is 0.0438. The number of carbonyl (C=O) groups is 8. The smallest absolute Gasteiger partial charge is 0.255 e. The molecule has 8 aromatic rings. The minimum absolute atomic E-state index is 0.0695. The number of fused-ring (bicyclic) bond motifs is 15. The zero-order valence-corrected chi connectivity index (χ0v) is 74.9. The molecule has 0 aliphatic carbocycles.